The van der Waals surface area contributed by atoms with Crippen molar-refractivity contribution in [2.75, 3.05) is 25.0 Å². The van der Waals surface area contributed by atoms with Crippen molar-refractivity contribution in [2.45, 2.75) is 38.9 Å². The van der Waals surface area contributed by atoms with E-state index >= 15 is 0 Å². The number of anilines is 1. The van der Waals surface area contributed by atoms with E-state index in [9.17, 15) is 19.1 Å². The third-order valence-corrected chi connectivity index (χ3v) is 5.86. The van der Waals surface area contributed by atoms with E-state index in [-0.39, 0.29) is 42.7 Å². The van der Waals surface area contributed by atoms with E-state index < -0.39 is 5.82 Å². The number of carbonyl (C=O) groups excluding carboxylic acids is 2. The van der Waals surface area contributed by atoms with Crippen LogP contribution in [0.15, 0.2) is 18.2 Å². The fourth-order valence-electron chi connectivity index (χ4n) is 4.03. The van der Waals surface area contributed by atoms with E-state index in [0.717, 1.165) is 17.7 Å². The molecule has 0 bridgehead atoms. The van der Waals surface area contributed by atoms with E-state index in [1.807, 2.05) is 6.92 Å². The summed E-state index contributed by atoms with van der Waals surface area (Å²) in [6.07, 6.45) is 1.28. The van der Waals surface area contributed by atoms with Crippen LogP contribution in [0.5, 0.6) is 0 Å². The molecule has 3 amide bonds. The van der Waals surface area contributed by atoms with Crippen molar-refractivity contribution in [1.29, 1.82) is 0 Å². The molecule has 1 aromatic carbocycles. The Kier molecular flexibility index (Phi) is 5.66. The van der Waals surface area contributed by atoms with Crippen LogP contribution < -0.4 is 5.32 Å². The summed E-state index contributed by atoms with van der Waals surface area (Å²) in [5.74, 6) is -0.727. The molecule has 2 aromatic rings. The summed E-state index contributed by atoms with van der Waals surface area (Å²) in [6.45, 7) is 3.50. The Morgan fingerprint density at radius 3 is 2.93 bits per heavy atom. The van der Waals surface area contributed by atoms with Gasteiger partial charge in [0.1, 0.15) is 11.5 Å². The maximum Gasteiger partial charge on any atom is 0.322 e. The normalized spacial score (nSPS) is 18.7. The number of aliphatic hydroxyl groups is 1. The first-order chi connectivity index (χ1) is 14.4. The van der Waals surface area contributed by atoms with Crippen molar-refractivity contribution in [1.82, 2.24) is 19.6 Å². The van der Waals surface area contributed by atoms with E-state index in [1.54, 1.807) is 14.5 Å². The van der Waals surface area contributed by atoms with Crippen molar-refractivity contribution in [3.63, 3.8) is 0 Å². The van der Waals surface area contributed by atoms with Crippen molar-refractivity contribution < 1.29 is 19.1 Å². The van der Waals surface area contributed by atoms with Gasteiger partial charge in [0.2, 0.25) is 0 Å². The maximum absolute atomic E-state index is 13.4. The summed E-state index contributed by atoms with van der Waals surface area (Å²) in [7, 11) is 0. The number of halogens is 2. The fourth-order valence-corrected chi connectivity index (χ4v) is 4.21. The monoisotopic (exact) mass is 435 g/mol. The van der Waals surface area contributed by atoms with Gasteiger partial charge in [-0.15, -0.1) is 0 Å². The highest BCUT2D eigenvalue weighted by Crippen LogP contribution is 2.29. The molecule has 2 aliphatic heterocycles. The molecule has 1 unspecified atom stereocenters. The number of hydrogen-bond donors (Lipinski definition) is 2. The second-order valence-electron chi connectivity index (χ2n) is 7.61. The number of β-amino-alcohol motifs (C(OH)–C–C–N with tert-alkyl or cyclic N) is 1. The summed E-state index contributed by atoms with van der Waals surface area (Å²) >= 11 is 5.80. The molecule has 160 valence electrons. The minimum Gasteiger partial charge on any atom is -0.395 e. The van der Waals surface area contributed by atoms with Crippen LogP contribution in [0.3, 0.4) is 0 Å². The molecule has 0 spiro atoms. The van der Waals surface area contributed by atoms with Crippen LogP contribution in [0.4, 0.5) is 14.9 Å². The van der Waals surface area contributed by atoms with Gasteiger partial charge in [0.15, 0.2) is 0 Å². The van der Waals surface area contributed by atoms with Crippen LogP contribution >= 0.6 is 11.6 Å². The molecular weight excluding hydrogens is 413 g/mol. The Morgan fingerprint density at radius 1 is 1.40 bits per heavy atom. The largest absolute Gasteiger partial charge is 0.395 e. The molecule has 30 heavy (non-hydrogen) atoms. The minimum atomic E-state index is -0.556. The lowest BCUT2D eigenvalue weighted by Gasteiger charge is -2.33. The van der Waals surface area contributed by atoms with E-state index in [0.29, 0.717) is 30.9 Å². The SMILES string of the molecule is CC1Cc2nn3c(c2CN1C(=O)Nc1ccc(F)c(Cl)c1)C(=O)N(CCO)CCC3. The topological polar surface area (TPSA) is 90.7 Å². The maximum atomic E-state index is 13.4. The number of hydrogen-bond acceptors (Lipinski definition) is 4. The number of rotatable bonds is 3. The van der Waals surface area contributed by atoms with Gasteiger partial charge in [0.25, 0.3) is 5.91 Å². The van der Waals surface area contributed by atoms with Gasteiger partial charge < -0.3 is 20.2 Å². The highest BCUT2D eigenvalue weighted by atomic mass is 35.5. The number of carbonyl (C=O) groups is 2. The number of aryl methyl sites for hydroxylation is 1. The molecule has 3 heterocycles. The predicted octanol–water partition coefficient (Wildman–Crippen LogP) is 2.49. The number of nitrogens with zero attached hydrogens (tertiary/aromatic N) is 4. The molecule has 2 N–H and O–H groups in total. The zero-order valence-corrected chi connectivity index (χ0v) is 17.3. The Bertz CT molecular complexity index is 995. The third-order valence-electron chi connectivity index (χ3n) is 5.57. The van der Waals surface area contributed by atoms with Crippen LogP contribution in [-0.2, 0) is 19.5 Å². The first-order valence-electron chi connectivity index (χ1n) is 9.90. The summed E-state index contributed by atoms with van der Waals surface area (Å²) in [5, 5.41) is 16.6. The minimum absolute atomic E-state index is 0.0710. The van der Waals surface area contributed by atoms with Crippen LogP contribution in [0.2, 0.25) is 5.02 Å². The lowest BCUT2D eigenvalue weighted by molar-refractivity contribution is 0.0721. The molecular formula is C20H23ClFN5O3. The Hall–Kier alpha value is -2.65. The van der Waals surface area contributed by atoms with Crippen LogP contribution in [0, 0.1) is 5.82 Å². The zero-order chi connectivity index (χ0) is 21.4. The molecule has 0 fully saturated rings. The molecule has 4 rings (SSSR count). The lowest BCUT2D eigenvalue weighted by atomic mass is 9.99. The van der Waals surface area contributed by atoms with Crippen molar-refractivity contribution >= 4 is 29.2 Å². The average Bonchev–Trinajstić information content (AvgIpc) is 2.98. The number of urea groups is 1. The number of nitrogens with one attached hydrogen (secondary N) is 1. The molecule has 1 atom stereocenters. The summed E-state index contributed by atoms with van der Waals surface area (Å²) < 4.78 is 15.1. The van der Waals surface area contributed by atoms with Gasteiger partial charge in [-0.25, -0.2) is 9.18 Å². The standard InChI is InChI=1S/C20H23ClFN5O3/c1-12-9-17-14(18-19(29)25(7-8-28)5-2-6-27(18)24-17)11-26(12)20(30)23-13-3-4-16(22)15(21)10-13/h3-4,10,12,28H,2,5-9,11H2,1H3,(H,23,30). The molecule has 0 saturated heterocycles. The zero-order valence-electron chi connectivity index (χ0n) is 16.6. The van der Waals surface area contributed by atoms with Crippen molar-refractivity contribution in [3.8, 4) is 0 Å². The highest BCUT2D eigenvalue weighted by molar-refractivity contribution is 6.31. The van der Waals surface area contributed by atoms with Crippen molar-refractivity contribution in [2.24, 2.45) is 0 Å². The molecule has 0 radical (unpaired) electrons. The van der Waals surface area contributed by atoms with E-state index in [1.165, 1.54) is 18.2 Å². The quantitative estimate of drug-likeness (QED) is 0.775. The first-order valence-corrected chi connectivity index (χ1v) is 10.3. The Balaban J connectivity index is 1.59. The molecule has 0 saturated carbocycles. The number of amides is 3. The van der Waals surface area contributed by atoms with Gasteiger partial charge in [0.05, 0.1) is 23.9 Å². The second-order valence-corrected chi connectivity index (χ2v) is 8.01. The van der Waals surface area contributed by atoms with Gasteiger partial charge in [-0.2, -0.15) is 5.10 Å². The molecule has 0 aliphatic carbocycles. The molecule has 8 nitrogen and oxygen atoms in total. The summed E-state index contributed by atoms with van der Waals surface area (Å²) in [4.78, 5) is 29.2. The summed E-state index contributed by atoms with van der Waals surface area (Å²) in [6, 6.07) is 3.51. The van der Waals surface area contributed by atoms with E-state index in [4.69, 9.17) is 11.6 Å². The third kappa shape index (κ3) is 3.75. The average molecular weight is 436 g/mol. The number of aromatic nitrogens is 2. The van der Waals surface area contributed by atoms with Gasteiger partial charge in [0, 0.05) is 43.3 Å². The first kappa shape index (κ1) is 20.6. The van der Waals surface area contributed by atoms with Crippen LogP contribution in [-0.4, -0.2) is 62.4 Å². The molecule has 10 heteroatoms. The second kappa shape index (κ2) is 8.23. The number of fused-ring (bicyclic) bond motifs is 3. The predicted molar refractivity (Wildman–Crippen MR) is 109 cm³/mol. The highest BCUT2D eigenvalue weighted by Gasteiger charge is 2.36. The molecule has 1 aromatic heterocycles. The smallest absolute Gasteiger partial charge is 0.322 e. The van der Waals surface area contributed by atoms with Crippen LogP contribution in [0.1, 0.15) is 35.1 Å². The Labute approximate surface area is 178 Å². The fraction of sp³-hybridized carbons (Fsp3) is 0.450. The van der Waals surface area contributed by atoms with Gasteiger partial charge in [-0.1, -0.05) is 11.6 Å². The molecule has 2 aliphatic rings. The lowest BCUT2D eigenvalue weighted by Crippen LogP contribution is -2.45. The van der Waals surface area contributed by atoms with Gasteiger partial charge >= 0.3 is 6.03 Å². The van der Waals surface area contributed by atoms with Crippen LogP contribution in [0.25, 0.3) is 0 Å². The number of aliphatic hydroxyl groups excluding tert-OH is 1. The Morgan fingerprint density at radius 2 is 2.20 bits per heavy atom. The van der Waals surface area contributed by atoms with Gasteiger partial charge in [-0.3, -0.25) is 9.48 Å². The van der Waals surface area contributed by atoms with E-state index in [2.05, 4.69) is 10.4 Å². The summed E-state index contributed by atoms with van der Waals surface area (Å²) in [5.41, 5.74) is 2.45. The van der Waals surface area contributed by atoms with Crippen molar-refractivity contribution in [3.05, 3.63) is 46.0 Å². The number of benzene rings is 1. The van der Waals surface area contributed by atoms with Gasteiger partial charge in [-0.05, 0) is 31.5 Å².